The number of hydrogen-bond acceptors (Lipinski definition) is 8. The van der Waals surface area contributed by atoms with Gasteiger partial charge in [0.1, 0.15) is 12.7 Å². The van der Waals surface area contributed by atoms with E-state index in [2.05, 4.69) is 4.74 Å². The summed E-state index contributed by atoms with van der Waals surface area (Å²) in [6.45, 7) is -0.640. The third-order valence-corrected chi connectivity index (χ3v) is 4.78. The molecule has 130 valence electrons. The van der Waals surface area contributed by atoms with Crippen LogP contribution in [0.15, 0.2) is 12.2 Å². The van der Waals surface area contributed by atoms with Crippen LogP contribution in [0.2, 0.25) is 0 Å². The van der Waals surface area contributed by atoms with E-state index < -0.39 is 60.4 Å². The van der Waals surface area contributed by atoms with Crippen molar-refractivity contribution >= 4 is 23.7 Å². The Labute approximate surface area is 135 Å². The van der Waals surface area contributed by atoms with Crippen LogP contribution in [-0.4, -0.2) is 63.9 Å². The van der Waals surface area contributed by atoms with E-state index in [0.717, 1.165) is 0 Å². The average molecular weight is 340 g/mol. The number of hydrogen-bond donors (Lipinski definition) is 3. The molecule has 5 unspecified atom stereocenters. The number of Topliss-reactive ketones (excluding diaryl/α,β-unsaturated/α-hetero) is 1. The SMILES string of the molecule is O=C1O[C@H]([C@@H](O)COC(=O)C2C3C=CC(C3)C2C(=O)O)C(=O)C1O. The average Bonchev–Trinajstić information content (AvgIpc) is 3.22. The number of cyclic esters (lactones) is 1. The normalized spacial score (nSPS) is 38.2. The Morgan fingerprint density at radius 2 is 1.88 bits per heavy atom. The number of rotatable bonds is 5. The summed E-state index contributed by atoms with van der Waals surface area (Å²) in [5.41, 5.74) is 0. The van der Waals surface area contributed by atoms with Crippen LogP contribution >= 0.6 is 0 Å². The molecule has 9 heteroatoms. The van der Waals surface area contributed by atoms with Crippen molar-refractivity contribution < 1.29 is 44.0 Å². The molecule has 2 fully saturated rings. The van der Waals surface area contributed by atoms with Gasteiger partial charge in [0.25, 0.3) is 0 Å². The van der Waals surface area contributed by atoms with Gasteiger partial charge in [-0.05, 0) is 18.3 Å². The number of aliphatic hydroxyl groups is 2. The smallest absolute Gasteiger partial charge is 0.343 e. The zero-order valence-electron chi connectivity index (χ0n) is 12.4. The highest BCUT2D eigenvalue weighted by molar-refractivity contribution is 6.09. The van der Waals surface area contributed by atoms with Gasteiger partial charge in [-0.25, -0.2) is 4.79 Å². The maximum atomic E-state index is 12.2. The highest BCUT2D eigenvalue weighted by Crippen LogP contribution is 2.48. The largest absolute Gasteiger partial charge is 0.481 e. The molecule has 1 saturated carbocycles. The fraction of sp³-hybridized carbons (Fsp3) is 0.600. The van der Waals surface area contributed by atoms with E-state index in [9.17, 15) is 34.5 Å². The third-order valence-electron chi connectivity index (χ3n) is 4.78. The molecule has 1 aliphatic heterocycles. The van der Waals surface area contributed by atoms with Crippen LogP contribution in [0.3, 0.4) is 0 Å². The summed E-state index contributed by atoms with van der Waals surface area (Å²) in [7, 11) is 0. The lowest BCUT2D eigenvalue weighted by atomic mass is 9.83. The van der Waals surface area contributed by atoms with E-state index in [-0.39, 0.29) is 11.8 Å². The Hall–Kier alpha value is -2.26. The minimum atomic E-state index is -1.95. The molecule has 9 nitrogen and oxygen atoms in total. The van der Waals surface area contributed by atoms with Crippen molar-refractivity contribution in [1.82, 2.24) is 0 Å². The van der Waals surface area contributed by atoms with Gasteiger partial charge in [0.05, 0.1) is 11.8 Å². The number of fused-ring (bicyclic) bond motifs is 2. The maximum Gasteiger partial charge on any atom is 0.343 e. The Morgan fingerprint density at radius 1 is 1.25 bits per heavy atom. The van der Waals surface area contributed by atoms with E-state index in [1.54, 1.807) is 12.2 Å². The zero-order valence-corrected chi connectivity index (χ0v) is 12.4. The van der Waals surface area contributed by atoms with Crippen LogP contribution < -0.4 is 0 Å². The summed E-state index contributed by atoms with van der Waals surface area (Å²) in [4.78, 5) is 46.1. The molecule has 3 N–H and O–H groups in total. The zero-order chi connectivity index (χ0) is 17.6. The Morgan fingerprint density at radius 3 is 2.42 bits per heavy atom. The highest BCUT2D eigenvalue weighted by atomic mass is 16.6. The molecule has 24 heavy (non-hydrogen) atoms. The molecule has 0 radical (unpaired) electrons. The number of allylic oxidation sites excluding steroid dienone is 2. The standard InChI is InChI=1S/C15H16O9/c16-7(12-10(17)11(18)15(22)24-12)4-23-14(21)9-6-2-1-5(3-6)8(9)13(19)20/h1-2,5-9,11-12,16,18H,3-4H2,(H,19,20)/t5?,6?,7-,8?,9?,11?,12+/m0/s1. The number of aliphatic carboxylic acids is 1. The van der Waals surface area contributed by atoms with Gasteiger partial charge in [-0.2, -0.15) is 0 Å². The fourth-order valence-corrected chi connectivity index (χ4v) is 3.62. The highest BCUT2D eigenvalue weighted by Gasteiger charge is 2.53. The number of carbonyl (C=O) groups is 4. The van der Waals surface area contributed by atoms with Crippen LogP contribution in [0.4, 0.5) is 0 Å². The van der Waals surface area contributed by atoms with Crippen LogP contribution in [0.25, 0.3) is 0 Å². The topological polar surface area (TPSA) is 147 Å². The molecule has 0 aromatic heterocycles. The van der Waals surface area contributed by atoms with Crippen LogP contribution in [0.5, 0.6) is 0 Å². The second-order valence-corrected chi connectivity index (χ2v) is 6.20. The van der Waals surface area contributed by atoms with E-state index >= 15 is 0 Å². The first-order valence-corrected chi connectivity index (χ1v) is 7.49. The Bertz CT molecular complexity index is 624. The number of carboxylic acid groups (broad SMARTS) is 1. The minimum absolute atomic E-state index is 0.220. The number of ketones is 1. The molecular weight excluding hydrogens is 324 g/mol. The van der Waals surface area contributed by atoms with Crippen LogP contribution in [-0.2, 0) is 28.7 Å². The quantitative estimate of drug-likeness (QED) is 0.301. The fourth-order valence-electron chi connectivity index (χ4n) is 3.62. The molecule has 7 atom stereocenters. The van der Waals surface area contributed by atoms with Gasteiger partial charge in [0.15, 0.2) is 6.10 Å². The van der Waals surface area contributed by atoms with Gasteiger partial charge >= 0.3 is 17.9 Å². The Balaban J connectivity index is 1.60. The predicted octanol–water partition coefficient (Wildman–Crippen LogP) is -1.73. The minimum Gasteiger partial charge on any atom is -0.481 e. The number of aliphatic hydroxyl groups excluding tert-OH is 2. The predicted molar refractivity (Wildman–Crippen MR) is 73.2 cm³/mol. The number of carbonyl (C=O) groups excluding carboxylic acids is 3. The van der Waals surface area contributed by atoms with Crippen molar-refractivity contribution in [2.24, 2.45) is 23.7 Å². The van der Waals surface area contributed by atoms with Gasteiger partial charge in [0.2, 0.25) is 11.9 Å². The van der Waals surface area contributed by atoms with Crippen molar-refractivity contribution in [3.63, 3.8) is 0 Å². The lowest BCUT2D eigenvalue weighted by Crippen LogP contribution is -2.40. The van der Waals surface area contributed by atoms with Gasteiger partial charge in [-0.1, -0.05) is 12.2 Å². The molecule has 0 spiro atoms. The van der Waals surface area contributed by atoms with Crippen molar-refractivity contribution in [3.05, 3.63) is 12.2 Å². The van der Waals surface area contributed by atoms with E-state index in [4.69, 9.17) is 4.74 Å². The van der Waals surface area contributed by atoms with E-state index in [1.165, 1.54) is 0 Å². The number of esters is 2. The summed E-state index contributed by atoms with van der Waals surface area (Å²) < 4.78 is 9.47. The molecule has 1 heterocycles. The first-order chi connectivity index (χ1) is 11.3. The summed E-state index contributed by atoms with van der Waals surface area (Å²) in [6, 6.07) is 0. The molecule has 3 aliphatic rings. The van der Waals surface area contributed by atoms with Crippen molar-refractivity contribution in [1.29, 1.82) is 0 Å². The molecule has 3 rings (SSSR count). The Kier molecular flexibility index (Phi) is 4.14. The van der Waals surface area contributed by atoms with Crippen molar-refractivity contribution in [2.45, 2.75) is 24.7 Å². The van der Waals surface area contributed by atoms with Gasteiger partial charge in [-0.3, -0.25) is 14.4 Å². The number of carboxylic acids is 1. The first kappa shape index (κ1) is 16.6. The number of ether oxygens (including phenoxy) is 2. The summed E-state index contributed by atoms with van der Waals surface area (Å²) in [5.74, 6) is -6.21. The third kappa shape index (κ3) is 2.59. The summed E-state index contributed by atoms with van der Waals surface area (Å²) in [5, 5.41) is 28.3. The van der Waals surface area contributed by atoms with Crippen molar-refractivity contribution in [3.8, 4) is 0 Å². The molecular formula is C15H16O9. The molecule has 2 aliphatic carbocycles. The van der Waals surface area contributed by atoms with Gasteiger partial charge in [-0.15, -0.1) is 0 Å². The summed E-state index contributed by atoms with van der Waals surface area (Å²) in [6.07, 6.45) is -1.06. The lowest BCUT2D eigenvalue weighted by molar-refractivity contribution is -0.164. The van der Waals surface area contributed by atoms with Crippen LogP contribution in [0.1, 0.15) is 6.42 Å². The van der Waals surface area contributed by atoms with Crippen molar-refractivity contribution in [2.75, 3.05) is 6.61 Å². The van der Waals surface area contributed by atoms with Gasteiger partial charge < -0.3 is 24.8 Å². The van der Waals surface area contributed by atoms with E-state index in [1.807, 2.05) is 0 Å². The monoisotopic (exact) mass is 340 g/mol. The van der Waals surface area contributed by atoms with Gasteiger partial charge in [0, 0.05) is 0 Å². The molecule has 2 bridgehead atoms. The molecule has 0 aromatic rings. The molecule has 0 aromatic carbocycles. The lowest BCUT2D eigenvalue weighted by Gasteiger charge is -2.24. The van der Waals surface area contributed by atoms with Crippen LogP contribution in [0, 0.1) is 23.7 Å². The second-order valence-electron chi connectivity index (χ2n) is 6.20. The maximum absolute atomic E-state index is 12.2. The van der Waals surface area contributed by atoms with E-state index in [0.29, 0.717) is 6.42 Å². The molecule has 0 amide bonds. The first-order valence-electron chi connectivity index (χ1n) is 7.49. The molecule has 1 saturated heterocycles. The summed E-state index contributed by atoms with van der Waals surface area (Å²) >= 11 is 0. The second kappa shape index (κ2) is 5.99.